The molecule has 1 heterocycles. The Kier molecular flexibility index (Phi) is 5.74. The lowest BCUT2D eigenvalue weighted by molar-refractivity contribution is 0.208. The second-order valence-electron chi connectivity index (χ2n) is 4.68. The van der Waals surface area contributed by atoms with Crippen molar-refractivity contribution >= 4 is 0 Å². The molecule has 0 unspecified atom stereocenters. The van der Waals surface area contributed by atoms with Gasteiger partial charge in [-0.3, -0.25) is 9.88 Å². The third kappa shape index (κ3) is 4.90. The fraction of sp³-hybridized carbons (Fsp3) is 0.294. The molecule has 21 heavy (non-hydrogen) atoms. The van der Waals surface area contributed by atoms with Gasteiger partial charge < -0.3 is 4.74 Å². The largest absolute Gasteiger partial charge is 0.492 e. The molecule has 0 aliphatic rings. The second-order valence-corrected chi connectivity index (χ2v) is 4.68. The number of aromatic nitrogens is 1. The van der Waals surface area contributed by atoms with E-state index >= 15 is 0 Å². The fourth-order valence-electron chi connectivity index (χ4n) is 2.02. The van der Waals surface area contributed by atoms with Crippen molar-refractivity contribution in [2.45, 2.75) is 13.5 Å². The molecular weight excluding hydrogens is 262 g/mol. The van der Waals surface area contributed by atoms with Crippen molar-refractivity contribution in [3.8, 4) is 11.8 Å². The van der Waals surface area contributed by atoms with Gasteiger partial charge in [-0.05, 0) is 36.9 Å². The van der Waals surface area contributed by atoms with E-state index in [1.54, 1.807) is 12.1 Å². The number of benzene rings is 1. The van der Waals surface area contributed by atoms with Crippen molar-refractivity contribution in [1.82, 2.24) is 9.88 Å². The first-order valence-electron chi connectivity index (χ1n) is 7.07. The van der Waals surface area contributed by atoms with Crippen molar-refractivity contribution in [3.63, 3.8) is 0 Å². The first-order valence-corrected chi connectivity index (χ1v) is 7.07. The lowest BCUT2D eigenvalue weighted by Gasteiger charge is -2.20. The van der Waals surface area contributed by atoms with Crippen LogP contribution in [0.15, 0.2) is 48.7 Å². The highest BCUT2D eigenvalue weighted by molar-refractivity contribution is 5.36. The molecule has 0 N–H and O–H groups in total. The third-order valence-corrected chi connectivity index (χ3v) is 3.20. The minimum absolute atomic E-state index is 0.593. The van der Waals surface area contributed by atoms with Gasteiger partial charge in [0.05, 0.1) is 17.3 Å². The molecule has 1 aromatic heterocycles. The van der Waals surface area contributed by atoms with Gasteiger partial charge in [0.2, 0.25) is 0 Å². The van der Waals surface area contributed by atoms with E-state index in [-0.39, 0.29) is 0 Å². The highest BCUT2D eigenvalue weighted by Crippen LogP contribution is 2.12. The molecule has 2 aromatic rings. The zero-order valence-corrected chi connectivity index (χ0v) is 12.2. The van der Waals surface area contributed by atoms with E-state index in [4.69, 9.17) is 10.00 Å². The molecule has 0 fully saturated rings. The van der Waals surface area contributed by atoms with Crippen molar-refractivity contribution in [1.29, 1.82) is 5.26 Å². The first-order chi connectivity index (χ1) is 10.3. The summed E-state index contributed by atoms with van der Waals surface area (Å²) < 4.78 is 5.71. The summed E-state index contributed by atoms with van der Waals surface area (Å²) >= 11 is 0. The summed E-state index contributed by atoms with van der Waals surface area (Å²) in [6, 6.07) is 15.3. The number of likely N-dealkylation sites (N-methyl/N-ethyl adjacent to an activating group) is 1. The maximum Gasteiger partial charge on any atom is 0.120 e. The molecule has 0 amide bonds. The van der Waals surface area contributed by atoms with Crippen LogP contribution in [0, 0.1) is 11.3 Å². The summed E-state index contributed by atoms with van der Waals surface area (Å²) in [5.74, 6) is 0.739. The van der Waals surface area contributed by atoms with Crippen LogP contribution in [0.4, 0.5) is 0 Å². The molecule has 4 nitrogen and oxygen atoms in total. The number of nitriles is 1. The minimum atomic E-state index is 0.593. The van der Waals surface area contributed by atoms with Gasteiger partial charge in [0, 0.05) is 19.3 Å². The van der Waals surface area contributed by atoms with Gasteiger partial charge >= 0.3 is 0 Å². The Bertz CT molecular complexity index is 592. The molecule has 1 aromatic carbocycles. The Morgan fingerprint density at radius 3 is 2.86 bits per heavy atom. The molecule has 0 aliphatic heterocycles. The van der Waals surface area contributed by atoms with Crippen LogP contribution in [0.1, 0.15) is 18.2 Å². The summed E-state index contributed by atoms with van der Waals surface area (Å²) in [4.78, 5) is 6.61. The number of hydrogen-bond acceptors (Lipinski definition) is 4. The Morgan fingerprint density at radius 2 is 2.14 bits per heavy atom. The van der Waals surface area contributed by atoms with Crippen LogP contribution >= 0.6 is 0 Å². The molecule has 108 valence electrons. The fourth-order valence-corrected chi connectivity index (χ4v) is 2.02. The Morgan fingerprint density at radius 1 is 1.24 bits per heavy atom. The molecule has 0 atom stereocenters. The van der Waals surface area contributed by atoms with E-state index in [1.165, 1.54) is 0 Å². The van der Waals surface area contributed by atoms with Crippen LogP contribution in [-0.2, 0) is 6.54 Å². The van der Waals surface area contributed by atoms with E-state index in [1.807, 2.05) is 36.5 Å². The van der Waals surface area contributed by atoms with Crippen molar-refractivity contribution in [2.24, 2.45) is 0 Å². The third-order valence-electron chi connectivity index (χ3n) is 3.20. The molecule has 0 radical (unpaired) electrons. The van der Waals surface area contributed by atoms with E-state index in [0.29, 0.717) is 12.2 Å². The van der Waals surface area contributed by atoms with Gasteiger partial charge in [0.25, 0.3) is 0 Å². The van der Waals surface area contributed by atoms with Gasteiger partial charge in [-0.15, -0.1) is 0 Å². The SMILES string of the molecule is CCN(CCOc1cccc(C#N)c1)Cc1ccccn1. The number of ether oxygens (including phenoxy) is 1. The van der Waals surface area contributed by atoms with Gasteiger partial charge in [-0.1, -0.05) is 19.1 Å². The number of hydrogen-bond donors (Lipinski definition) is 0. The molecule has 0 saturated heterocycles. The highest BCUT2D eigenvalue weighted by atomic mass is 16.5. The van der Waals surface area contributed by atoms with Crippen LogP contribution in [0.25, 0.3) is 0 Å². The van der Waals surface area contributed by atoms with Crippen molar-refractivity contribution < 1.29 is 4.74 Å². The molecule has 0 aliphatic carbocycles. The van der Waals surface area contributed by atoms with Gasteiger partial charge in [0.15, 0.2) is 0 Å². The molecule has 0 spiro atoms. The van der Waals surface area contributed by atoms with E-state index < -0.39 is 0 Å². The van der Waals surface area contributed by atoms with Gasteiger partial charge in [-0.25, -0.2) is 0 Å². The maximum atomic E-state index is 8.86. The monoisotopic (exact) mass is 281 g/mol. The Balaban J connectivity index is 1.82. The van der Waals surface area contributed by atoms with Crippen LogP contribution < -0.4 is 4.74 Å². The summed E-state index contributed by atoms with van der Waals surface area (Å²) in [5, 5.41) is 8.86. The van der Waals surface area contributed by atoms with E-state index in [9.17, 15) is 0 Å². The second kappa shape index (κ2) is 8.03. The zero-order valence-electron chi connectivity index (χ0n) is 12.2. The Labute approximate surface area is 125 Å². The number of nitrogens with zero attached hydrogens (tertiary/aromatic N) is 3. The summed E-state index contributed by atoms with van der Waals surface area (Å²) in [6.07, 6.45) is 1.81. The lowest BCUT2D eigenvalue weighted by Crippen LogP contribution is -2.28. The summed E-state index contributed by atoms with van der Waals surface area (Å²) in [7, 11) is 0. The molecular formula is C17H19N3O. The number of rotatable bonds is 7. The van der Waals surface area contributed by atoms with E-state index in [2.05, 4.69) is 22.9 Å². The quantitative estimate of drug-likeness (QED) is 0.783. The van der Waals surface area contributed by atoms with E-state index in [0.717, 1.165) is 31.1 Å². The molecule has 0 saturated carbocycles. The van der Waals surface area contributed by atoms with Gasteiger partial charge in [-0.2, -0.15) is 5.26 Å². The topological polar surface area (TPSA) is 49.1 Å². The molecule has 2 rings (SSSR count). The summed E-state index contributed by atoms with van der Waals surface area (Å²) in [6.45, 7) is 5.30. The van der Waals surface area contributed by atoms with Crippen LogP contribution in [-0.4, -0.2) is 29.6 Å². The van der Waals surface area contributed by atoms with Crippen LogP contribution in [0.3, 0.4) is 0 Å². The van der Waals surface area contributed by atoms with Crippen molar-refractivity contribution in [2.75, 3.05) is 19.7 Å². The number of pyridine rings is 1. The average Bonchev–Trinajstić information content (AvgIpc) is 2.55. The van der Waals surface area contributed by atoms with Crippen molar-refractivity contribution in [3.05, 3.63) is 59.9 Å². The summed E-state index contributed by atoms with van der Waals surface area (Å²) in [5.41, 5.74) is 1.68. The Hall–Kier alpha value is -2.38. The molecule has 0 bridgehead atoms. The highest BCUT2D eigenvalue weighted by Gasteiger charge is 2.05. The zero-order chi connectivity index (χ0) is 14.9. The van der Waals surface area contributed by atoms with Crippen LogP contribution in [0.2, 0.25) is 0 Å². The minimum Gasteiger partial charge on any atom is -0.492 e. The van der Waals surface area contributed by atoms with Gasteiger partial charge in [0.1, 0.15) is 12.4 Å². The maximum absolute atomic E-state index is 8.86. The molecule has 4 heteroatoms. The predicted molar refractivity (Wildman–Crippen MR) is 81.8 cm³/mol. The predicted octanol–water partition coefficient (Wildman–Crippen LogP) is 2.85. The normalized spacial score (nSPS) is 10.3. The average molecular weight is 281 g/mol. The first kappa shape index (κ1) is 15.0. The standard InChI is InChI=1S/C17H19N3O/c1-2-20(14-16-7-3-4-9-19-16)10-11-21-17-8-5-6-15(12-17)13-18/h3-9,12H,2,10-11,14H2,1H3. The lowest BCUT2D eigenvalue weighted by atomic mass is 10.2. The van der Waals surface area contributed by atoms with Crippen LogP contribution in [0.5, 0.6) is 5.75 Å². The smallest absolute Gasteiger partial charge is 0.120 e.